The molecule has 3 rings (SSSR count). The van der Waals surface area contributed by atoms with Crippen molar-refractivity contribution in [3.63, 3.8) is 0 Å². The Hall–Kier alpha value is -2.44. The van der Waals surface area contributed by atoms with Crippen LogP contribution in [0.4, 0.5) is 5.69 Å². The van der Waals surface area contributed by atoms with Crippen molar-refractivity contribution in [1.82, 2.24) is 4.90 Å². The molecule has 1 aromatic rings. The van der Waals surface area contributed by atoms with Crippen LogP contribution in [-0.4, -0.2) is 40.9 Å². The first-order valence-electron chi connectivity index (χ1n) is 8.80. The summed E-state index contributed by atoms with van der Waals surface area (Å²) in [7, 11) is 0. The van der Waals surface area contributed by atoms with Gasteiger partial charge in [0.25, 0.3) is 11.6 Å². The van der Waals surface area contributed by atoms with Crippen molar-refractivity contribution in [2.24, 2.45) is 10.8 Å². The average molecular weight is 360 g/mol. The summed E-state index contributed by atoms with van der Waals surface area (Å²) < 4.78 is 5.12. The second kappa shape index (κ2) is 6.37. The largest absolute Gasteiger partial charge is 0.452 e. The van der Waals surface area contributed by atoms with Gasteiger partial charge in [-0.15, -0.1) is 0 Å². The van der Waals surface area contributed by atoms with Crippen LogP contribution in [0.5, 0.6) is 0 Å². The molecule has 2 bridgehead atoms. The molecule has 1 aromatic carbocycles. The van der Waals surface area contributed by atoms with E-state index in [1.165, 1.54) is 18.2 Å². The molecule has 2 fully saturated rings. The number of amides is 1. The summed E-state index contributed by atoms with van der Waals surface area (Å²) in [5, 5.41) is 10.8. The van der Waals surface area contributed by atoms with Crippen LogP contribution in [0.1, 0.15) is 50.4 Å². The van der Waals surface area contributed by atoms with Gasteiger partial charge >= 0.3 is 5.97 Å². The summed E-state index contributed by atoms with van der Waals surface area (Å²) in [5.41, 5.74) is 0.202. The number of likely N-dealkylation sites (tertiary alicyclic amines) is 1. The van der Waals surface area contributed by atoms with Gasteiger partial charge in [-0.25, -0.2) is 4.79 Å². The number of esters is 1. The Morgan fingerprint density at radius 1 is 1.31 bits per heavy atom. The fraction of sp³-hybridized carbons (Fsp3) is 0.579. The van der Waals surface area contributed by atoms with E-state index < -0.39 is 10.9 Å². The first-order chi connectivity index (χ1) is 12.1. The molecule has 1 heterocycles. The minimum absolute atomic E-state index is 0.0697. The Morgan fingerprint density at radius 3 is 2.73 bits per heavy atom. The van der Waals surface area contributed by atoms with Gasteiger partial charge in [0.15, 0.2) is 6.61 Å². The standard InChI is InChI=1S/C19H24N2O5/c1-18(2)8-15-9-19(3,11-18)12-20(15)16(22)10-26-17(23)13-5-4-6-14(7-13)21(24)25/h4-7,15H,8-12H2,1-3H3/t15-,19-/m0/s1. The second-order valence-corrected chi connectivity index (χ2v) is 8.62. The molecule has 1 amide bonds. The van der Waals surface area contributed by atoms with Crippen LogP contribution in [0, 0.1) is 20.9 Å². The van der Waals surface area contributed by atoms with Crippen molar-refractivity contribution in [3.05, 3.63) is 39.9 Å². The van der Waals surface area contributed by atoms with Gasteiger partial charge in [0.2, 0.25) is 0 Å². The molecule has 7 heteroatoms. The molecule has 0 aromatic heterocycles. The molecule has 0 N–H and O–H groups in total. The molecule has 26 heavy (non-hydrogen) atoms. The van der Waals surface area contributed by atoms with E-state index >= 15 is 0 Å². The monoisotopic (exact) mass is 360 g/mol. The highest BCUT2D eigenvalue weighted by molar-refractivity contribution is 5.92. The Labute approximate surface area is 152 Å². The van der Waals surface area contributed by atoms with Crippen molar-refractivity contribution >= 4 is 17.6 Å². The van der Waals surface area contributed by atoms with Gasteiger partial charge in [0.05, 0.1) is 10.5 Å². The molecule has 1 aliphatic heterocycles. The van der Waals surface area contributed by atoms with Crippen LogP contribution in [0.25, 0.3) is 0 Å². The summed E-state index contributed by atoms with van der Waals surface area (Å²) in [6, 6.07) is 5.50. The minimum Gasteiger partial charge on any atom is -0.452 e. The molecule has 0 radical (unpaired) electrons. The van der Waals surface area contributed by atoms with E-state index in [9.17, 15) is 19.7 Å². The average Bonchev–Trinajstić information content (AvgIpc) is 2.81. The van der Waals surface area contributed by atoms with Crippen molar-refractivity contribution in [2.75, 3.05) is 13.2 Å². The van der Waals surface area contributed by atoms with E-state index in [2.05, 4.69) is 20.8 Å². The first kappa shape index (κ1) is 18.4. The lowest BCUT2D eigenvalue weighted by Gasteiger charge is -2.39. The topological polar surface area (TPSA) is 89.8 Å². The maximum Gasteiger partial charge on any atom is 0.338 e. The summed E-state index contributed by atoms with van der Waals surface area (Å²) >= 11 is 0. The molecular weight excluding hydrogens is 336 g/mol. The van der Waals surface area contributed by atoms with E-state index in [1.54, 1.807) is 0 Å². The first-order valence-corrected chi connectivity index (χ1v) is 8.80. The number of non-ortho nitro benzene ring substituents is 1. The van der Waals surface area contributed by atoms with Gasteiger partial charge in [-0.2, -0.15) is 0 Å². The van der Waals surface area contributed by atoms with Crippen LogP contribution in [0.15, 0.2) is 24.3 Å². The molecule has 1 saturated carbocycles. The number of nitrogens with zero attached hydrogens (tertiary/aromatic N) is 2. The maximum absolute atomic E-state index is 12.6. The summed E-state index contributed by atoms with van der Waals surface area (Å²) in [6.45, 7) is 7.02. The smallest absolute Gasteiger partial charge is 0.338 e. The molecule has 140 valence electrons. The highest BCUT2D eigenvalue weighted by Gasteiger charge is 2.50. The normalized spacial score (nSPS) is 26.4. The predicted octanol–water partition coefficient (Wildman–Crippen LogP) is 3.18. The zero-order chi connectivity index (χ0) is 19.1. The fourth-order valence-electron chi connectivity index (χ4n) is 4.79. The Morgan fingerprint density at radius 2 is 2.04 bits per heavy atom. The number of hydrogen-bond donors (Lipinski definition) is 0. The number of carbonyl (C=O) groups excluding carboxylic acids is 2. The van der Waals surface area contributed by atoms with Gasteiger partial charge in [0.1, 0.15) is 0 Å². The third-order valence-corrected chi connectivity index (χ3v) is 5.35. The lowest BCUT2D eigenvalue weighted by molar-refractivity contribution is -0.384. The van der Waals surface area contributed by atoms with Crippen molar-refractivity contribution in [1.29, 1.82) is 0 Å². The van der Waals surface area contributed by atoms with Gasteiger partial charge in [-0.1, -0.05) is 26.8 Å². The Kier molecular flexibility index (Phi) is 4.50. The summed E-state index contributed by atoms with van der Waals surface area (Å²) in [6.07, 6.45) is 3.02. The summed E-state index contributed by atoms with van der Waals surface area (Å²) in [4.78, 5) is 36.8. The van der Waals surface area contributed by atoms with Crippen molar-refractivity contribution in [2.45, 2.75) is 46.1 Å². The van der Waals surface area contributed by atoms with Crippen LogP contribution in [0.2, 0.25) is 0 Å². The third-order valence-electron chi connectivity index (χ3n) is 5.35. The molecule has 1 aliphatic carbocycles. The molecule has 1 saturated heterocycles. The van der Waals surface area contributed by atoms with E-state index in [0.717, 1.165) is 25.3 Å². The van der Waals surface area contributed by atoms with E-state index in [4.69, 9.17) is 4.74 Å². The Bertz CT molecular complexity index is 760. The maximum atomic E-state index is 12.6. The van der Waals surface area contributed by atoms with E-state index in [1.807, 2.05) is 4.90 Å². The molecular formula is C19H24N2O5. The van der Waals surface area contributed by atoms with Gasteiger partial charge < -0.3 is 9.64 Å². The second-order valence-electron chi connectivity index (χ2n) is 8.62. The van der Waals surface area contributed by atoms with Crippen LogP contribution in [-0.2, 0) is 9.53 Å². The highest BCUT2D eigenvalue weighted by Crippen LogP contribution is 2.52. The zero-order valence-electron chi connectivity index (χ0n) is 15.4. The van der Waals surface area contributed by atoms with Gasteiger partial charge in [-0.3, -0.25) is 14.9 Å². The van der Waals surface area contributed by atoms with Crippen molar-refractivity contribution < 1.29 is 19.2 Å². The third kappa shape index (κ3) is 3.71. The summed E-state index contributed by atoms with van der Waals surface area (Å²) in [5.74, 6) is -0.925. The number of rotatable bonds is 4. The predicted molar refractivity (Wildman–Crippen MR) is 94.6 cm³/mol. The van der Waals surface area contributed by atoms with Crippen molar-refractivity contribution in [3.8, 4) is 0 Å². The zero-order valence-corrected chi connectivity index (χ0v) is 15.4. The molecule has 2 atom stereocenters. The van der Waals surface area contributed by atoms with E-state index in [0.29, 0.717) is 6.54 Å². The number of hydrogen-bond acceptors (Lipinski definition) is 5. The lowest BCUT2D eigenvalue weighted by Crippen LogP contribution is -2.39. The molecule has 2 aliphatic rings. The van der Waals surface area contributed by atoms with Crippen LogP contribution in [0.3, 0.4) is 0 Å². The van der Waals surface area contributed by atoms with Gasteiger partial charge in [0, 0.05) is 24.7 Å². The quantitative estimate of drug-likeness (QED) is 0.467. The lowest BCUT2D eigenvalue weighted by atomic mass is 9.65. The fourth-order valence-corrected chi connectivity index (χ4v) is 4.79. The number of nitro groups is 1. The molecule has 7 nitrogen and oxygen atoms in total. The van der Waals surface area contributed by atoms with Crippen LogP contribution < -0.4 is 0 Å². The van der Waals surface area contributed by atoms with Gasteiger partial charge in [-0.05, 0) is 36.2 Å². The van der Waals surface area contributed by atoms with Crippen LogP contribution >= 0.6 is 0 Å². The minimum atomic E-state index is -0.726. The molecule has 0 unspecified atom stereocenters. The van der Waals surface area contributed by atoms with E-state index in [-0.39, 0.29) is 40.6 Å². The Balaban J connectivity index is 1.62. The number of benzene rings is 1. The number of fused-ring (bicyclic) bond motifs is 2. The highest BCUT2D eigenvalue weighted by atomic mass is 16.6. The number of carbonyl (C=O) groups is 2. The number of nitro benzene ring substituents is 1. The number of ether oxygens (including phenoxy) is 1. The SMILES string of the molecule is CC1(C)C[C@H]2C[C@](C)(CN2C(=O)COC(=O)c2cccc([N+](=O)[O-])c2)C1. The molecule has 0 spiro atoms.